The van der Waals surface area contributed by atoms with E-state index in [0.29, 0.717) is 11.0 Å². The van der Waals surface area contributed by atoms with Gasteiger partial charge in [-0.2, -0.15) is 18.4 Å². The molecule has 0 saturated heterocycles. The van der Waals surface area contributed by atoms with Crippen LogP contribution < -0.4 is 5.32 Å². The summed E-state index contributed by atoms with van der Waals surface area (Å²) in [6, 6.07) is 9.58. The molecule has 2 aromatic rings. The van der Waals surface area contributed by atoms with E-state index in [-0.39, 0.29) is 11.4 Å². The standard InChI is InChI=1S/C18H14F4N2O2S/c1-17(26,10-27-14-6-3-12(19)4-7-14)16(25)24-13-5-2-11(9-23)15(8-13)18(20,21)22/h2-8,26H,10H2,1H3,(H,24,25)/t17-/m1/s1. The second-order valence-electron chi connectivity index (χ2n) is 5.84. The van der Waals surface area contributed by atoms with Gasteiger partial charge in [-0.25, -0.2) is 4.39 Å². The molecule has 2 aromatic carbocycles. The molecular formula is C18H14F4N2O2S. The monoisotopic (exact) mass is 398 g/mol. The number of carbonyl (C=O) groups excluding carboxylic acids is 1. The molecule has 0 aliphatic carbocycles. The number of halogens is 4. The first-order valence-electron chi connectivity index (χ1n) is 7.56. The average molecular weight is 398 g/mol. The van der Waals surface area contributed by atoms with Gasteiger partial charge in [0.2, 0.25) is 0 Å². The molecule has 142 valence electrons. The van der Waals surface area contributed by atoms with Crippen LogP contribution in [0.25, 0.3) is 0 Å². The fraction of sp³-hybridized carbons (Fsp3) is 0.222. The lowest BCUT2D eigenvalue weighted by molar-refractivity contribution is -0.137. The normalized spacial score (nSPS) is 13.5. The van der Waals surface area contributed by atoms with E-state index in [1.807, 2.05) is 0 Å². The second kappa shape index (κ2) is 7.98. The minimum absolute atomic E-state index is 0.104. The molecule has 2 N–H and O–H groups in total. The number of aliphatic hydroxyl groups is 1. The molecule has 0 heterocycles. The average Bonchev–Trinajstić information content (AvgIpc) is 2.60. The number of nitrogens with zero attached hydrogens (tertiary/aromatic N) is 1. The number of anilines is 1. The van der Waals surface area contributed by atoms with E-state index in [0.717, 1.165) is 23.9 Å². The number of nitriles is 1. The van der Waals surface area contributed by atoms with Crippen molar-refractivity contribution in [3.05, 3.63) is 59.4 Å². The van der Waals surface area contributed by atoms with Crippen molar-refractivity contribution in [2.24, 2.45) is 0 Å². The van der Waals surface area contributed by atoms with Gasteiger partial charge in [0, 0.05) is 16.3 Å². The Bertz CT molecular complexity index is 874. The van der Waals surface area contributed by atoms with Gasteiger partial charge in [0.15, 0.2) is 0 Å². The molecule has 9 heteroatoms. The third-order valence-electron chi connectivity index (χ3n) is 3.53. The summed E-state index contributed by atoms with van der Waals surface area (Å²) in [6.07, 6.45) is -4.76. The number of nitrogens with one attached hydrogen (secondary N) is 1. The van der Waals surface area contributed by atoms with Gasteiger partial charge in [-0.1, -0.05) is 0 Å². The van der Waals surface area contributed by atoms with Crippen molar-refractivity contribution >= 4 is 23.4 Å². The van der Waals surface area contributed by atoms with Crippen LogP contribution in [0, 0.1) is 17.1 Å². The topological polar surface area (TPSA) is 73.1 Å². The fourth-order valence-electron chi connectivity index (χ4n) is 2.04. The van der Waals surface area contributed by atoms with Crippen LogP contribution in [0.4, 0.5) is 23.2 Å². The van der Waals surface area contributed by atoms with E-state index in [2.05, 4.69) is 5.32 Å². The van der Waals surface area contributed by atoms with Gasteiger partial charge < -0.3 is 10.4 Å². The predicted octanol–water partition coefficient (Wildman–Crippen LogP) is 4.20. The van der Waals surface area contributed by atoms with E-state index in [9.17, 15) is 27.5 Å². The molecule has 0 saturated carbocycles. The molecule has 0 spiro atoms. The Labute approximate surface area is 156 Å². The van der Waals surface area contributed by atoms with Crippen LogP contribution in [0.3, 0.4) is 0 Å². The first kappa shape index (κ1) is 20.7. The van der Waals surface area contributed by atoms with Crippen LogP contribution in [0.1, 0.15) is 18.1 Å². The van der Waals surface area contributed by atoms with E-state index in [1.54, 1.807) is 0 Å². The number of hydrogen-bond acceptors (Lipinski definition) is 4. The first-order valence-corrected chi connectivity index (χ1v) is 8.55. The van der Waals surface area contributed by atoms with Gasteiger partial charge >= 0.3 is 6.18 Å². The maximum Gasteiger partial charge on any atom is 0.417 e. The Morgan fingerprint density at radius 2 is 1.85 bits per heavy atom. The molecule has 0 fully saturated rings. The van der Waals surface area contributed by atoms with Gasteiger partial charge in [0.05, 0.1) is 17.2 Å². The highest BCUT2D eigenvalue weighted by Gasteiger charge is 2.35. The number of hydrogen-bond donors (Lipinski definition) is 2. The third-order valence-corrected chi connectivity index (χ3v) is 4.84. The molecule has 0 bridgehead atoms. The zero-order valence-corrected chi connectivity index (χ0v) is 14.8. The molecule has 0 aliphatic rings. The lowest BCUT2D eigenvalue weighted by atomic mass is 10.1. The van der Waals surface area contributed by atoms with Gasteiger partial charge in [0.25, 0.3) is 5.91 Å². The van der Waals surface area contributed by atoms with Crippen molar-refractivity contribution in [1.29, 1.82) is 5.26 Å². The maximum atomic E-state index is 13.0. The number of carbonyl (C=O) groups is 1. The van der Waals surface area contributed by atoms with E-state index in [1.165, 1.54) is 37.3 Å². The molecule has 0 radical (unpaired) electrons. The van der Waals surface area contributed by atoms with Gasteiger partial charge in [-0.3, -0.25) is 4.79 Å². The largest absolute Gasteiger partial charge is 0.417 e. The minimum Gasteiger partial charge on any atom is -0.379 e. The summed E-state index contributed by atoms with van der Waals surface area (Å²) in [5.74, 6) is -1.44. The molecule has 2 rings (SSSR count). The van der Waals surface area contributed by atoms with Crippen LogP contribution >= 0.6 is 11.8 Å². The van der Waals surface area contributed by atoms with Crippen LogP contribution in [-0.4, -0.2) is 22.4 Å². The fourth-order valence-corrected chi connectivity index (χ4v) is 2.95. The van der Waals surface area contributed by atoms with Gasteiger partial charge in [-0.05, 0) is 49.4 Å². The van der Waals surface area contributed by atoms with Gasteiger partial charge in [-0.15, -0.1) is 11.8 Å². The van der Waals surface area contributed by atoms with E-state index in [4.69, 9.17) is 5.26 Å². The smallest absolute Gasteiger partial charge is 0.379 e. The summed E-state index contributed by atoms with van der Waals surface area (Å²) in [6.45, 7) is 1.22. The minimum atomic E-state index is -4.76. The molecule has 1 atom stereocenters. The summed E-state index contributed by atoms with van der Waals surface area (Å²) in [5.41, 5.74) is -3.84. The molecule has 0 aliphatic heterocycles. The lowest BCUT2D eigenvalue weighted by Gasteiger charge is -2.22. The highest BCUT2D eigenvalue weighted by atomic mass is 32.2. The third kappa shape index (κ3) is 5.45. The molecule has 0 aromatic heterocycles. The summed E-state index contributed by atoms with van der Waals surface area (Å²) >= 11 is 1.09. The summed E-state index contributed by atoms with van der Waals surface area (Å²) < 4.78 is 51.8. The van der Waals surface area contributed by atoms with Gasteiger partial charge in [0.1, 0.15) is 11.4 Å². The maximum absolute atomic E-state index is 13.0. The first-order chi connectivity index (χ1) is 12.5. The predicted molar refractivity (Wildman–Crippen MR) is 92.5 cm³/mol. The van der Waals surface area contributed by atoms with Crippen molar-refractivity contribution in [1.82, 2.24) is 0 Å². The number of benzene rings is 2. The molecule has 4 nitrogen and oxygen atoms in total. The number of rotatable bonds is 5. The number of thioether (sulfide) groups is 1. The molecular weight excluding hydrogens is 384 g/mol. The van der Waals surface area contributed by atoms with Crippen LogP contribution in [0.2, 0.25) is 0 Å². The Balaban J connectivity index is 2.11. The molecule has 0 unspecified atom stereocenters. The Kier molecular flexibility index (Phi) is 6.13. The Morgan fingerprint density at radius 1 is 1.22 bits per heavy atom. The van der Waals surface area contributed by atoms with Crippen molar-refractivity contribution in [3.8, 4) is 6.07 Å². The molecule has 1 amide bonds. The number of alkyl halides is 3. The lowest BCUT2D eigenvalue weighted by Crippen LogP contribution is -2.42. The van der Waals surface area contributed by atoms with Crippen molar-refractivity contribution in [3.63, 3.8) is 0 Å². The van der Waals surface area contributed by atoms with Crippen molar-refractivity contribution in [2.45, 2.75) is 23.6 Å². The zero-order chi connectivity index (χ0) is 20.2. The highest BCUT2D eigenvalue weighted by molar-refractivity contribution is 7.99. The van der Waals surface area contributed by atoms with Crippen molar-refractivity contribution < 1.29 is 27.5 Å². The summed E-state index contributed by atoms with van der Waals surface area (Å²) in [4.78, 5) is 12.9. The SMILES string of the molecule is C[C@@](O)(CSc1ccc(F)cc1)C(=O)Nc1ccc(C#N)c(C(F)(F)F)c1. The quantitative estimate of drug-likeness (QED) is 0.585. The summed E-state index contributed by atoms with van der Waals surface area (Å²) in [5, 5.41) is 21.3. The molecule has 27 heavy (non-hydrogen) atoms. The Hall–Kier alpha value is -2.57. The van der Waals surface area contributed by atoms with E-state index < -0.39 is 34.6 Å². The number of amides is 1. The Morgan fingerprint density at radius 3 is 2.41 bits per heavy atom. The second-order valence-corrected chi connectivity index (χ2v) is 6.89. The van der Waals surface area contributed by atoms with E-state index >= 15 is 0 Å². The van der Waals surface area contributed by atoms with Crippen molar-refractivity contribution in [2.75, 3.05) is 11.1 Å². The highest BCUT2D eigenvalue weighted by Crippen LogP contribution is 2.34. The zero-order valence-electron chi connectivity index (χ0n) is 14.0. The van der Waals surface area contributed by atoms with Crippen LogP contribution in [-0.2, 0) is 11.0 Å². The summed E-state index contributed by atoms with van der Waals surface area (Å²) in [7, 11) is 0. The van der Waals surface area contributed by atoms with Crippen LogP contribution in [0.5, 0.6) is 0 Å². The van der Waals surface area contributed by atoms with Crippen LogP contribution in [0.15, 0.2) is 47.4 Å².